The van der Waals surface area contributed by atoms with Crippen LogP contribution in [0.15, 0.2) is 24.5 Å². The molecule has 0 radical (unpaired) electrons. The first-order chi connectivity index (χ1) is 10.3. The maximum absolute atomic E-state index is 12.3. The van der Waals surface area contributed by atoms with Crippen LogP contribution in [0.25, 0.3) is 0 Å². The Kier molecular flexibility index (Phi) is 4.27. The first-order valence-electron chi connectivity index (χ1n) is 7.98. The van der Waals surface area contributed by atoms with E-state index in [1.807, 2.05) is 17.2 Å². The van der Waals surface area contributed by atoms with E-state index in [4.69, 9.17) is 0 Å². The second-order valence-electron chi connectivity index (χ2n) is 5.99. The van der Waals surface area contributed by atoms with E-state index in [9.17, 15) is 4.79 Å². The van der Waals surface area contributed by atoms with Crippen molar-refractivity contribution >= 4 is 11.7 Å². The van der Waals surface area contributed by atoms with Gasteiger partial charge < -0.3 is 15.1 Å². The Morgan fingerprint density at radius 1 is 1.38 bits per heavy atom. The summed E-state index contributed by atoms with van der Waals surface area (Å²) >= 11 is 0. The molecule has 2 heterocycles. The summed E-state index contributed by atoms with van der Waals surface area (Å²) in [6.07, 6.45) is 7.25. The van der Waals surface area contributed by atoms with E-state index in [1.165, 1.54) is 12.8 Å². The summed E-state index contributed by atoms with van der Waals surface area (Å²) in [5.41, 5.74) is 1.14. The van der Waals surface area contributed by atoms with Gasteiger partial charge in [0.2, 0.25) is 0 Å². The standard InChI is InChI=1S/C16H24N4O/c1-2-15(13-5-6-13)18-16(21)20-10-8-19(9-11-20)14-4-3-7-17-12-14/h3-4,7,12-13,15H,2,5-6,8-11H2,1H3,(H,18,21)/t15-/m0/s1. The summed E-state index contributed by atoms with van der Waals surface area (Å²) in [6.45, 7) is 5.46. The van der Waals surface area contributed by atoms with Gasteiger partial charge in [-0.05, 0) is 37.3 Å². The van der Waals surface area contributed by atoms with Gasteiger partial charge in [-0.1, -0.05) is 6.92 Å². The Morgan fingerprint density at radius 2 is 2.14 bits per heavy atom. The van der Waals surface area contributed by atoms with Gasteiger partial charge >= 0.3 is 6.03 Å². The Balaban J connectivity index is 1.49. The molecular formula is C16H24N4O. The van der Waals surface area contributed by atoms with Crippen LogP contribution in [0.5, 0.6) is 0 Å². The van der Waals surface area contributed by atoms with Crippen LogP contribution in [-0.2, 0) is 0 Å². The maximum atomic E-state index is 12.3. The molecule has 1 saturated carbocycles. The summed E-state index contributed by atoms with van der Waals surface area (Å²) in [7, 11) is 0. The number of hydrogen-bond acceptors (Lipinski definition) is 3. The lowest BCUT2D eigenvalue weighted by atomic mass is 10.1. The van der Waals surface area contributed by atoms with Gasteiger partial charge in [0.05, 0.1) is 11.9 Å². The normalized spacial score (nSPS) is 20.2. The summed E-state index contributed by atoms with van der Waals surface area (Å²) in [5.74, 6) is 0.718. The number of nitrogens with zero attached hydrogens (tertiary/aromatic N) is 3. The van der Waals surface area contributed by atoms with Crippen LogP contribution < -0.4 is 10.2 Å². The lowest BCUT2D eigenvalue weighted by Gasteiger charge is -2.36. The fourth-order valence-electron chi connectivity index (χ4n) is 3.01. The van der Waals surface area contributed by atoms with E-state index >= 15 is 0 Å². The van der Waals surface area contributed by atoms with E-state index in [0.29, 0.717) is 6.04 Å². The number of urea groups is 1. The zero-order valence-electron chi connectivity index (χ0n) is 12.7. The number of anilines is 1. The molecule has 5 nitrogen and oxygen atoms in total. The molecule has 0 spiro atoms. The van der Waals surface area contributed by atoms with Crippen LogP contribution >= 0.6 is 0 Å². The summed E-state index contributed by atoms with van der Waals surface area (Å²) in [6, 6.07) is 4.51. The second kappa shape index (κ2) is 6.33. The smallest absolute Gasteiger partial charge is 0.317 e. The van der Waals surface area contributed by atoms with Crippen LogP contribution in [0.3, 0.4) is 0 Å². The minimum absolute atomic E-state index is 0.111. The fourth-order valence-corrected chi connectivity index (χ4v) is 3.01. The van der Waals surface area contributed by atoms with Crippen LogP contribution in [0, 0.1) is 5.92 Å². The minimum atomic E-state index is 0.111. The van der Waals surface area contributed by atoms with Crippen molar-refractivity contribution in [3.63, 3.8) is 0 Å². The third-order valence-corrected chi connectivity index (χ3v) is 4.52. The van der Waals surface area contributed by atoms with Crippen molar-refractivity contribution in [2.75, 3.05) is 31.1 Å². The lowest BCUT2D eigenvalue weighted by Crippen LogP contribution is -2.53. The first kappa shape index (κ1) is 14.2. The number of aromatic nitrogens is 1. The molecule has 1 N–H and O–H groups in total. The molecule has 1 atom stereocenters. The Bertz CT molecular complexity index is 466. The first-order valence-corrected chi connectivity index (χ1v) is 7.98. The average molecular weight is 288 g/mol. The number of nitrogens with one attached hydrogen (secondary N) is 1. The van der Waals surface area contributed by atoms with Gasteiger partial charge in [-0.15, -0.1) is 0 Å². The van der Waals surface area contributed by atoms with Gasteiger partial charge in [0.25, 0.3) is 0 Å². The predicted molar refractivity (Wildman–Crippen MR) is 83.4 cm³/mol. The van der Waals surface area contributed by atoms with Gasteiger partial charge in [-0.25, -0.2) is 4.79 Å². The summed E-state index contributed by atoms with van der Waals surface area (Å²) in [5, 5.41) is 3.21. The van der Waals surface area contributed by atoms with Gasteiger partial charge in [-0.3, -0.25) is 4.98 Å². The molecule has 21 heavy (non-hydrogen) atoms. The number of carbonyl (C=O) groups is 1. The van der Waals surface area contributed by atoms with E-state index in [2.05, 4.69) is 28.2 Å². The molecule has 114 valence electrons. The van der Waals surface area contributed by atoms with Gasteiger partial charge in [-0.2, -0.15) is 0 Å². The average Bonchev–Trinajstić information content (AvgIpc) is 3.38. The van der Waals surface area contributed by atoms with Gasteiger partial charge in [0.1, 0.15) is 0 Å². The predicted octanol–water partition coefficient (Wildman–Crippen LogP) is 2.10. The number of amides is 2. The quantitative estimate of drug-likeness (QED) is 0.923. The number of carbonyl (C=O) groups excluding carboxylic acids is 1. The number of piperazine rings is 1. The fraction of sp³-hybridized carbons (Fsp3) is 0.625. The number of hydrogen-bond donors (Lipinski definition) is 1. The number of pyridine rings is 1. The minimum Gasteiger partial charge on any atom is -0.367 e. The Morgan fingerprint density at radius 3 is 2.71 bits per heavy atom. The molecule has 1 aliphatic heterocycles. The summed E-state index contributed by atoms with van der Waals surface area (Å²) in [4.78, 5) is 20.7. The lowest BCUT2D eigenvalue weighted by molar-refractivity contribution is 0.188. The van der Waals surface area contributed by atoms with Crippen LogP contribution in [0.2, 0.25) is 0 Å². The maximum Gasteiger partial charge on any atom is 0.317 e. The van der Waals surface area contributed by atoms with E-state index < -0.39 is 0 Å². The number of rotatable bonds is 4. The highest BCUT2D eigenvalue weighted by molar-refractivity contribution is 5.75. The molecule has 5 heteroatoms. The van der Waals surface area contributed by atoms with Crippen molar-refractivity contribution < 1.29 is 4.79 Å². The molecule has 1 saturated heterocycles. The topological polar surface area (TPSA) is 48.5 Å². The van der Waals surface area contributed by atoms with E-state index in [-0.39, 0.29) is 6.03 Å². The van der Waals surface area contributed by atoms with Crippen molar-refractivity contribution in [3.05, 3.63) is 24.5 Å². The highest BCUT2D eigenvalue weighted by atomic mass is 16.2. The zero-order chi connectivity index (χ0) is 14.7. The molecule has 2 aliphatic rings. The summed E-state index contributed by atoms with van der Waals surface area (Å²) < 4.78 is 0. The third kappa shape index (κ3) is 3.46. The zero-order valence-corrected chi connectivity index (χ0v) is 12.7. The monoisotopic (exact) mass is 288 g/mol. The molecule has 3 rings (SSSR count). The molecule has 2 fully saturated rings. The van der Waals surface area contributed by atoms with Gasteiger partial charge in [0, 0.05) is 38.4 Å². The van der Waals surface area contributed by atoms with Crippen molar-refractivity contribution in [2.24, 2.45) is 5.92 Å². The Hall–Kier alpha value is -1.78. The van der Waals surface area contributed by atoms with Crippen LogP contribution in [0.4, 0.5) is 10.5 Å². The van der Waals surface area contributed by atoms with Crippen LogP contribution in [0.1, 0.15) is 26.2 Å². The highest BCUT2D eigenvalue weighted by Gasteiger charge is 2.32. The second-order valence-corrected chi connectivity index (χ2v) is 5.99. The molecule has 1 aromatic heterocycles. The largest absolute Gasteiger partial charge is 0.367 e. The molecular weight excluding hydrogens is 264 g/mol. The molecule has 1 aromatic rings. The SMILES string of the molecule is CC[C@H](NC(=O)N1CCN(c2cccnc2)CC1)C1CC1. The van der Waals surface area contributed by atoms with E-state index in [1.54, 1.807) is 6.20 Å². The van der Waals surface area contributed by atoms with Gasteiger partial charge in [0.15, 0.2) is 0 Å². The molecule has 0 aromatic carbocycles. The molecule has 0 unspecified atom stereocenters. The van der Waals surface area contributed by atoms with E-state index in [0.717, 1.165) is 44.2 Å². The highest BCUT2D eigenvalue weighted by Crippen LogP contribution is 2.34. The molecule has 0 bridgehead atoms. The van der Waals surface area contributed by atoms with Crippen molar-refractivity contribution in [3.8, 4) is 0 Å². The Labute approximate surface area is 126 Å². The molecule has 2 amide bonds. The molecule has 1 aliphatic carbocycles. The van der Waals surface area contributed by atoms with Crippen molar-refractivity contribution in [2.45, 2.75) is 32.2 Å². The van der Waals surface area contributed by atoms with Crippen molar-refractivity contribution in [1.29, 1.82) is 0 Å². The third-order valence-electron chi connectivity index (χ3n) is 4.52. The van der Waals surface area contributed by atoms with Crippen LogP contribution in [-0.4, -0.2) is 48.1 Å². The van der Waals surface area contributed by atoms with Crippen molar-refractivity contribution in [1.82, 2.24) is 15.2 Å².